The number of carbonyl (C=O) groups is 1. The molecule has 1 atom stereocenters. The van der Waals surface area contributed by atoms with E-state index in [9.17, 15) is 4.79 Å². The molecule has 1 amide bonds. The molecule has 0 saturated carbocycles. The minimum Gasteiger partial charge on any atom is -0.367 e. The molecule has 0 aliphatic carbocycles. The molecule has 1 aromatic carbocycles. The number of aromatic amines is 1. The van der Waals surface area contributed by atoms with Gasteiger partial charge in [-0.15, -0.1) is 5.10 Å². The van der Waals surface area contributed by atoms with Gasteiger partial charge in [-0.25, -0.2) is 0 Å². The molecule has 1 aliphatic heterocycles. The summed E-state index contributed by atoms with van der Waals surface area (Å²) in [5, 5.41) is 7.91. The van der Waals surface area contributed by atoms with Crippen LogP contribution in [-0.2, 0) is 13.0 Å². The second kappa shape index (κ2) is 7.56. The van der Waals surface area contributed by atoms with Crippen molar-refractivity contribution in [1.82, 2.24) is 24.9 Å². The highest BCUT2D eigenvalue weighted by molar-refractivity contribution is 5.95. The van der Waals surface area contributed by atoms with Gasteiger partial charge in [0.1, 0.15) is 0 Å². The van der Waals surface area contributed by atoms with Gasteiger partial charge in [-0.05, 0) is 36.3 Å². The van der Waals surface area contributed by atoms with Gasteiger partial charge >= 0.3 is 0 Å². The van der Waals surface area contributed by atoms with Gasteiger partial charge in [0, 0.05) is 38.2 Å². The van der Waals surface area contributed by atoms with Crippen molar-refractivity contribution in [2.24, 2.45) is 5.92 Å². The van der Waals surface area contributed by atoms with Gasteiger partial charge in [-0.3, -0.25) is 9.48 Å². The highest BCUT2D eigenvalue weighted by Gasteiger charge is 2.26. The molecule has 6 nitrogen and oxygen atoms in total. The molecule has 1 N–H and O–H groups in total. The zero-order valence-corrected chi connectivity index (χ0v) is 14.7. The average molecular weight is 349 g/mol. The number of piperidine rings is 1. The van der Waals surface area contributed by atoms with Crippen LogP contribution in [0.2, 0.25) is 0 Å². The number of benzene rings is 1. The molecule has 1 unspecified atom stereocenters. The first-order valence-electron chi connectivity index (χ1n) is 9.12. The van der Waals surface area contributed by atoms with Crippen molar-refractivity contribution < 1.29 is 4.79 Å². The number of hydrogen-bond donors (Lipinski definition) is 1. The first kappa shape index (κ1) is 16.6. The molecule has 6 heteroatoms. The number of aromatic nitrogens is 4. The van der Waals surface area contributed by atoms with E-state index in [1.807, 2.05) is 46.4 Å². The van der Waals surface area contributed by atoms with Crippen LogP contribution in [0.1, 0.15) is 34.3 Å². The topological polar surface area (TPSA) is 66.8 Å². The summed E-state index contributed by atoms with van der Waals surface area (Å²) in [5.41, 5.74) is 3.05. The fourth-order valence-corrected chi connectivity index (χ4v) is 3.72. The summed E-state index contributed by atoms with van der Waals surface area (Å²) in [6.07, 6.45) is 10.3. The van der Waals surface area contributed by atoms with E-state index in [0.29, 0.717) is 5.92 Å². The summed E-state index contributed by atoms with van der Waals surface area (Å²) in [6.45, 7) is 2.41. The maximum Gasteiger partial charge on any atom is 0.255 e. The highest BCUT2D eigenvalue weighted by Crippen LogP contribution is 2.22. The Bertz CT molecular complexity index is 840. The third kappa shape index (κ3) is 3.69. The lowest BCUT2D eigenvalue weighted by Crippen LogP contribution is -2.41. The largest absolute Gasteiger partial charge is 0.367 e. The van der Waals surface area contributed by atoms with Crippen LogP contribution >= 0.6 is 0 Å². The number of nitrogens with one attached hydrogen (secondary N) is 1. The van der Waals surface area contributed by atoms with Crippen LogP contribution in [0.3, 0.4) is 0 Å². The summed E-state index contributed by atoms with van der Waals surface area (Å²) in [6, 6.07) is 10.3. The van der Waals surface area contributed by atoms with Crippen molar-refractivity contribution in [2.45, 2.75) is 25.8 Å². The fraction of sp³-hybridized carbons (Fsp3) is 0.350. The molecular formula is C20H23N5O. The zero-order chi connectivity index (χ0) is 17.8. The number of H-pyrrole nitrogens is 1. The van der Waals surface area contributed by atoms with E-state index in [1.54, 1.807) is 6.20 Å². The van der Waals surface area contributed by atoms with Crippen molar-refractivity contribution in [3.05, 3.63) is 71.8 Å². The smallest absolute Gasteiger partial charge is 0.255 e. The van der Waals surface area contributed by atoms with E-state index in [4.69, 9.17) is 0 Å². The molecular weight excluding hydrogens is 326 g/mol. The summed E-state index contributed by atoms with van der Waals surface area (Å²) in [5.74, 6) is 0.548. The van der Waals surface area contributed by atoms with Gasteiger partial charge in [0.2, 0.25) is 0 Å². The van der Waals surface area contributed by atoms with Gasteiger partial charge in [-0.2, -0.15) is 0 Å². The second-order valence-corrected chi connectivity index (χ2v) is 6.94. The third-order valence-electron chi connectivity index (χ3n) is 5.02. The van der Waals surface area contributed by atoms with E-state index < -0.39 is 0 Å². The van der Waals surface area contributed by atoms with Gasteiger partial charge in [0.25, 0.3) is 5.91 Å². The number of amides is 1. The Morgan fingerprint density at radius 1 is 1.23 bits per heavy atom. The van der Waals surface area contributed by atoms with Gasteiger partial charge in [-0.1, -0.05) is 35.5 Å². The summed E-state index contributed by atoms with van der Waals surface area (Å²) >= 11 is 0. The fourth-order valence-electron chi connectivity index (χ4n) is 3.72. The number of likely N-dealkylation sites (tertiary alicyclic amines) is 1. The maximum atomic E-state index is 13.1. The first-order valence-corrected chi connectivity index (χ1v) is 9.12. The molecule has 0 bridgehead atoms. The lowest BCUT2D eigenvalue weighted by atomic mass is 9.96. The Kier molecular flexibility index (Phi) is 4.82. The van der Waals surface area contributed by atoms with Crippen LogP contribution in [0.25, 0.3) is 0 Å². The first-order chi connectivity index (χ1) is 12.8. The molecule has 0 spiro atoms. The van der Waals surface area contributed by atoms with Crippen LogP contribution in [0.5, 0.6) is 0 Å². The van der Waals surface area contributed by atoms with Gasteiger partial charge < -0.3 is 9.88 Å². The summed E-state index contributed by atoms with van der Waals surface area (Å²) in [4.78, 5) is 18.2. The van der Waals surface area contributed by atoms with E-state index in [-0.39, 0.29) is 5.91 Å². The third-order valence-corrected chi connectivity index (χ3v) is 5.02. The number of carbonyl (C=O) groups excluding carboxylic acids is 1. The Morgan fingerprint density at radius 2 is 2.12 bits per heavy atom. The lowest BCUT2D eigenvalue weighted by molar-refractivity contribution is 0.0658. The van der Waals surface area contributed by atoms with Crippen molar-refractivity contribution in [1.29, 1.82) is 0 Å². The van der Waals surface area contributed by atoms with E-state index in [0.717, 1.165) is 50.0 Å². The minimum atomic E-state index is 0.125. The molecule has 1 saturated heterocycles. The molecule has 2 aromatic heterocycles. The second-order valence-electron chi connectivity index (χ2n) is 6.94. The Labute approximate surface area is 152 Å². The normalized spacial score (nSPS) is 17.4. The standard InChI is InChI=1S/C20H23N5O/c26-20(19-13-21-12-18(19)11-16-5-2-1-3-6-16)24-9-4-7-17(14-24)15-25-10-8-22-23-25/h1-3,5-6,8,10,12-13,17,21H,4,7,9,11,14-15H2. The molecule has 26 heavy (non-hydrogen) atoms. The van der Waals surface area contributed by atoms with Crippen LogP contribution < -0.4 is 0 Å². The minimum absolute atomic E-state index is 0.125. The van der Waals surface area contributed by atoms with Crippen LogP contribution in [0.4, 0.5) is 0 Å². The Morgan fingerprint density at radius 3 is 2.92 bits per heavy atom. The van der Waals surface area contributed by atoms with E-state index in [2.05, 4.69) is 27.4 Å². The predicted molar refractivity (Wildman–Crippen MR) is 98.7 cm³/mol. The lowest BCUT2D eigenvalue weighted by Gasteiger charge is -2.32. The van der Waals surface area contributed by atoms with Crippen LogP contribution in [0.15, 0.2) is 55.1 Å². The Balaban J connectivity index is 1.45. The molecule has 1 aliphatic rings. The molecule has 3 heterocycles. The molecule has 134 valence electrons. The quantitative estimate of drug-likeness (QED) is 0.770. The van der Waals surface area contributed by atoms with E-state index in [1.165, 1.54) is 5.56 Å². The average Bonchev–Trinajstić information content (AvgIpc) is 3.34. The zero-order valence-electron chi connectivity index (χ0n) is 14.7. The monoisotopic (exact) mass is 349 g/mol. The van der Waals surface area contributed by atoms with Crippen molar-refractivity contribution in [3.8, 4) is 0 Å². The summed E-state index contributed by atoms with van der Waals surface area (Å²) in [7, 11) is 0. The van der Waals surface area contributed by atoms with Crippen LogP contribution in [0, 0.1) is 5.92 Å². The molecule has 4 rings (SSSR count). The maximum absolute atomic E-state index is 13.1. The van der Waals surface area contributed by atoms with Crippen molar-refractivity contribution in [2.75, 3.05) is 13.1 Å². The van der Waals surface area contributed by atoms with E-state index >= 15 is 0 Å². The number of nitrogens with zero attached hydrogens (tertiary/aromatic N) is 4. The van der Waals surface area contributed by atoms with Gasteiger partial charge in [0.05, 0.1) is 11.8 Å². The van der Waals surface area contributed by atoms with Crippen molar-refractivity contribution >= 4 is 5.91 Å². The van der Waals surface area contributed by atoms with Crippen molar-refractivity contribution in [3.63, 3.8) is 0 Å². The molecule has 0 radical (unpaired) electrons. The van der Waals surface area contributed by atoms with Gasteiger partial charge in [0.15, 0.2) is 0 Å². The Hall–Kier alpha value is -2.89. The predicted octanol–water partition coefficient (Wildman–Crippen LogP) is 2.75. The molecule has 3 aromatic rings. The highest BCUT2D eigenvalue weighted by atomic mass is 16.2. The number of rotatable bonds is 5. The summed E-state index contributed by atoms with van der Waals surface area (Å²) < 4.78 is 1.86. The molecule has 1 fully saturated rings. The SMILES string of the molecule is O=C(c1c[nH]cc1Cc1ccccc1)N1CCCC(Cn2ccnn2)C1. The number of hydrogen-bond acceptors (Lipinski definition) is 3. The van der Waals surface area contributed by atoms with Crippen LogP contribution in [-0.4, -0.2) is 43.9 Å².